The Labute approximate surface area is 762 Å². The van der Waals surface area contributed by atoms with Crippen LogP contribution < -0.4 is 37.6 Å². The number of rotatable bonds is 24. The van der Waals surface area contributed by atoms with E-state index in [9.17, 15) is 53.0 Å². The van der Waals surface area contributed by atoms with Crippen LogP contribution in [-0.2, 0) is 115 Å². The minimum atomic E-state index is -1.85. The molecule has 0 unspecified atom stereocenters. The van der Waals surface area contributed by atoms with E-state index in [1.165, 1.54) is 71.9 Å². The molecule has 0 spiro atoms. The molecule has 11 N–H and O–H groups in total. The number of hydrogen-bond acceptors (Lipinski definition) is 19. The zero-order valence-electron chi connectivity index (χ0n) is 75.1. The number of nitrogens with zero attached hydrogens (tertiary/aromatic N) is 6. The van der Waals surface area contributed by atoms with Gasteiger partial charge in [0.25, 0.3) is 0 Å². The molecule has 2 aromatic heterocycles. The van der Waals surface area contributed by atoms with Gasteiger partial charge in [0, 0.05) is 147 Å². The fourth-order valence-corrected chi connectivity index (χ4v) is 16.5. The number of benzene rings is 5. The number of para-hydroxylation sites is 1. The topological polar surface area (TPSA) is 457 Å². The van der Waals surface area contributed by atoms with Crippen molar-refractivity contribution < 1.29 is 100 Å². The van der Waals surface area contributed by atoms with Crippen molar-refractivity contribution in [2.45, 2.75) is 185 Å². The third kappa shape index (κ3) is 30.8. The number of fused-ring (bicyclic) bond motifs is 1. The number of carboxylic acid groups (broad SMARTS) is 1. The van der Waals surface area contributed by atoms with Gasteiger partial charge < -0.3 is 77.3 Å². The quantitative estimate of drug-likeness (QED) is 0.0317. The van der Waals surface area contributed by atoms with Gasteiger partial charge in [0.15, 0.2) is 29.0 Å². The summed E-state index contributed by atoms with van der Waals surface area (Å²) in [4.78, 5) is 248. The lowest BCUT2D eigenvalue weighted by atomic mass is 9.83. The Kier molecular flexibility index (Phi) is 39.1. The fourth-order valence-electron chi connectivity index (χ4n) is 15.6. The normalized spacial score (nSPS) is 21.9. The van der Waals surface area contributed by atoms with Crippen molar-refractivity contribution in [3.05, 3.63) is 203 Å². The van der Waals surface area contributed by atoms with Crippen LogP contribution in [0.5, 0.6) is 5.75 Å². The first-order chi connectivity index (χ1) is 62.2. The number of nitrogens with two attached hydrogens (primary N) is 1. The van der Waals surface area contributed by atoms with E-state index >= 15 is 47.1 Å². The van der Waals surface area contributed by atoms with E-state index in [-0.39, 0.29) is 62.2 Å². The molecular weight excluding hydrogens is 1710 g/mol. The first-order valence-electron chi connectivity index (χ1n) is 43.4. The zero-order chi connectivity index (χ0) is 96.0. The molecule has 36 heteroatoms. The molecule has 131 heavy (non-hydrogen) atoms. The van der Waals surface area contributed by atoms with Gasteiger partial charge in [-0.3, -0.25) is 81.7 Å². The number of carbonyl (C=O) groups is 16. The Hall–Kier alpha value is -13.2. The lowest BCUT2D eigenvalue weighted by Crippen LogP contribution is -2.59. The number of H-pyrrole nitrogens is 1. The minimum absolute atomic E-state index is 0.0347. The molecule has 32 nitrogen and oxygen atoms in total. The van der Waals surface area contributed by atoms with Crippen molar-refractivity contribution in [2.24, 2.45) is 29.4 Å². The predicted octanol–water partition coefficient (Wildman–Crippen LogP) is 5.85. The maximum Gasteiger partial charge on any atom is 0.304 e. The van der Waals surface area contributed by atoms with Crippen molar-refractivity contribution in [1.29, 1.82) is 0 Å². The number of unbranched alkanes of at least 4 members (excludes halogenated alkanes) is 1. The molecule has 8 rings (SSSR count). The van der Waals surface area contributed by atoms with Crippen molar-refractivity contribution in [1.82, 2.24) is 66.4 Å². The molecule has 3 heterocycles. The van der Waals surface area contributed by atoms with Gasteiger partial charge in [-0.25, -0.2) is 13.2 Å². The molecule has 12 amide bonds. The number of halogens is 3. The highest BCUT2D eigenvalue weighted by molar-refractivity contribution is 8.00. The molecule has 0 radical (unpaired) electrons. The molecule has 1 fully saturated rings. The third-order valence-electron chi connectivity index (χ3n) is 23.0. The van der Waals surface area contributed by atoms with E-state index in [0.29, 0.717) is 63.7 Å². The molecule has 5 aromatic carbocycles. The maximum absolute atomic E-state index is 15.5. The second-order valence-electron chi connectivity index (χ2n) is 34.0. The highest BCUT2D eigenvalue weighted by atomic mass is 32.2. The summed E-state index contributed by atoms with van der Waals surface area (Å²) in [6.45, 7) is 6.97. The smallest absolute Gasteiger partial charge is 0.304 e. The van der Waals surface area contributed by atoms with E-state index in [2.05, 4.69) is 41.9 Å². The Morgan fingerprint density at radius 3 is 1.65 bits per heavy atom. The summed E-state index contributed by atoms with van der Waals surface area (Å²) in [6, 6.07) is 19.7. The summed E-state index contributed by atoms with van der Waals surface area (Å²) in [5, 5.41) is 37.6. The van der Waals surface area contributed by atoms with Crippen LogP contribution in [-0.4, -0.2) is 253 Å². The van der Waals surface area contributed by atoms with Crippen LogP contribution >= 0.6 is 11.8 Å². The highest BCUT2D eigenvalue weighted by Gasteiger charge is 2.43. The Bertz CT molecular complexity index is 5190. The third-order valence-corrected chi connectivity index (χ3v) is 24.0. The number of amides is 12. The van der Waals surface area contributed by atoms with Gasteiger partial charge in [0.2, 0.25) is 70.9 Å². The van der Waals surface area contributed by atoms with E-state index < -0.39 is 247 Å². The molecule has 1 aliphatic rings. The van der Waals surface area contributed by atoms with Crippen LogP contribution in [0.1, 0.15) is 126 Å². The summed E-state index contributed by atoms with van der Waals surface area (Å²) in [6.07, 6.45) is -0.266. The average Bonchev–Trinajstić information content (AvgIpc) is 1.38. The number of nitrogens with one attached hydrogen (secondary N) is 7. The van der Waals surface area contributed by atoms with Gasteiger partial charge in [0.05, 0.1) is 31.3 Å². The SMILES string of the molecule is CCCC[C@H]1C(=O)N(C)CC(=O)C[C@@H](CC(=O)O)C(=O)C[C@@H](C(C)C)C(=O)N(C)[C@@H](Cc2ccccc2)C(=O)N[C@@H](Cc2ccc(O)cc2)C(=O)N(C)CC(=O)N[C@@H](Cc2c[nH]c3ccccc23)C(=O)N[C@@H](Cc2ccncc2)C(=O)N[C@@H](CC(C)C)C(=O)N[C@H](C(=O)CCC(N)=O)CSCC(=O)N[C@@H](Cc2cc(F)c(F)c(F)c2)C(=O)N(C)[C@@H](Cc2ccccc2)C(=O)N1C. The fraction of sp³-hybridized carbons (Fsp3) is 0.442. The number of Topliss-reactive ketones (excluding diaryl/α,β-unsaturated/α-hetero) is 3. The monoisotopic (exact) mass is 1830 g/mol. The Morgan fingerprint density at radius 2 is 1.05 bits per heavy atom. The summed E-state index contributed by atoms with van der Waals surface area (Å²) in [5.74, 6) is -25.2. The average molecular weight is 1830 g/mol. The molecule has 1 aliphatic heterocycles. The number of pyridine rings is 1. The molecular formula is C95H117F3N14O18S. The number of aromatic hydroxyl groups is 1. The molecule has 11 atom stereocenters. The molecule has 1 saturated heterocycles. The molecule has 702 valence electrons. The van der Waals surface area contributed by atoms with Gasteiger partial charge in [-0.1, -0.05) is 138 Å². The number of aromatic amines is 1. The number of aromatic nitrogens is 2. The van der Waals surface area contributed by atoms with E-state index in [1.807, 2.05) is 0 Å². The van der Waals surface area contributed by atoms with E-state index in [1.54, 1.807) is 138 Å². The van der Waals surface area contributed by atoms with Gasteiger partial charge in [-0.05, 0) is 101 Å². The number of hydrogen-bond donors (Lipinski definition) is 10. The molecule has 0 saturated carbocycles. The van der Waals surface area contributed by atoms with Crippen LogP contribution in [0.4, 0.5) is 13.2 Å². The number of likely N-dealkylation sites (N-methyl/N-ethyl adjacent to an activating group) is 5. The van der Waals surface area contributed by atoms with E-state index in [4.69, 9.17) is 5.73 Å². The number of phenols is 1. The van der Waals surface area contributed by atoms with Crippen LogP contribution in [0.3, 0.4) is 0 Å². The number of thioether (sulfide) groups is 1. The predicted molar refractivity (Wildman–Crippen MR) is 482 cm³/mol. The number of carboxylic acids is 1. The molecule has 7 aromatic rings. The standard InChI is InChI=1S/C95H117F3N14O18S/c1-11-12-27-77-94(129)108(6)51-65(114)46-62(48-85(120)121)81(116)49-67(56(4)5)91(126)111(9)78(44-57-21-15-13-16-22-57)90(125)106-74(42-59-28-30-64(113)31-29-59)92(127)109(7)52-83(118)102-73(47-63-50-101-70-26-20-19-25-66(63)70)89(124)105-72(41-60-34-36-100-37-35-60)88(123)104-71(38-55(2)3)87(122)107-76(80(115)32-33-82(99)117)53-131-54-84(119)103-75(43-61-39-68(96)86(98)69(97)40-61)93(128)112(10)79(95(130)110(77)8)45-58-23-17-14-18-24-58/h13-26,28-31,34-37,39-40,50,55-56,62,67,71-79,101,113H,11-12,27,32-33,38,41-49,51-54H2,1-10H3,(H2,99,117)(H,102,118)(H,103,119)(H,104,123)(H,105,124)(H,106,125)(H,107,122)(H,120,121)/t62-,67-,71-,72-,73-,74-,75-,76-,77-,78-,79-/m0/s1. The van der Waals surface area contributed by atoms with Gasteiger partial charge in [-0.2, -0.15) is 0 Å². The second kappa shape index (κ2) is 49.6. The summed E-state index contributed by atoms with van der Waals surface area (Å²) in [7, 11) is 6.32. The van der Waals surface area contributed by atoms with Crippen LogP contribution in [0.15, 0.2) is 152 Å². The first-order valence-corrected chi connectivity index (χ1v) is 44.5. The van der Waals surface area contributed by atoms with Gasteiger partial charge in [0.1, 0.15) is 59.9 Å². The highest BCUT2D eigenvalue weighted by Crippen LogP contribution is 2.29. The largest absolute Gasteiger partial charge is 0.508 e. The molecule has 0 aliphatic carbocycles. The lowest BCUT2D eigenvalue weighted by Gasteiger charge is -2.37. The zero-order valence-corrected chi connectivity index (χ0v) is 75.9. The first kappa shape index (κ1) is 103. The van der Waals surface area contributed by atoms with Crippen LogP contribution in [0.25, 0.3) is 10.9 Å². The summed E-state index contributed by atoms with van der Waals surface area (Å²) < 4.78 is 44.9. The minimum Gasteiger partial charge on any atom is -0.508 e. The number of ketones is 3. The van der Waals surface area contributed by atoms with Crippen LogP contribution in [0, 0.1) is 41.1 Å². The number of primary amides is 1. The number of carbonyl (C=O) groups excluding carboxylic acids is 15. The number of phenolic OH excluding ortho intramolecular Hbond substituents is 1. The van der Waals surface area contributed by atoms with Crippen molar-refractivity contribution in [3.63, 3.8) is 0 Å². The Balaban J connectivity index is 1.22. The van der Waals surface area contributed by atoms with Crippen LogP contribution in [0.2, 0.25) is 0 Å². The number of aliphatic carboxylic acids is 1. The van der Waals surface area contributed by atoms with Gasteiger partial charge in [-0.15, -0.1) is 11.8 Å². The maximum atomic E-state index is 15.5. The van der Waals surface area contributed by atoms with E-state index in [0.717, 1.165) is 36.3 Å². The molecule has 0 bridgehead atoms. The Morgan fingerprint density at radius 1 is 0.527 bits per heavy atom. The van der Waals surface area contributed by atoms with Crippen molar-refractivity contribution in [2.75, 3.05) is 59.8 Å². The van der Waals surface area contributed by atoms with Gasteiger partial charge >= 0.3 is 5.97 Å². The van der Waals surface area contributed by atoms with Crippen molar-refractivity contribution in [3.8, 4) is 5.75 Å². The van der Waals surface area contributed by atoms with Crippen molar-refractivity contribution >= 4 is 117 Å². The summed E-state index contributed by atoms with van der Waals surface area (Å²) in [5.41, 5.74) is 8.17. The second-order valence-corrected chi connectivity index (χ2v) is 35.0. The lowest BCUT2D eigenvalue weighted by molar-refractivity contribution is -0.151. The summed E-state index contributed by atoms with van der Waals surface area (Å²) >= 11 is 0.725.